The number of carboxylic acid groups (broad SMARTS) is 1. The van der Waals surface area contributed by atoms with Crippen molar-refractivity contribution < 1.29 is 19.8 Å². The van der Waals surface area contributed by atoms with Crippen LogP contribution < -0.4 is 0 Å². The number of aliphatic carboxylic acids is 1. The van der Waals surface area contributed by atoms with Gasteiger partial charge in [-0.2, -0.15) is 0 Å². The van der Waals surface area contributed by atoms with Crippen LogP contribution in [-0.4, -0.2) is 46.2 Å². The molecule has 1 rings (SSSR count). The van der Waals surface area contributed by atoms with Crippen LogP contribution in [0.15, 0.2) is 30.3 Å². The van der Waals surface area contributed by atoms with Crippen LogP contribution in [0.3, 0.4) is 0 Å². The lowest BCUT2D eigenvalue weighted by molar-refractivity contribution is -0.144. The zero-order chi connectivity index (χ0) is 15.8. The molecule has 0 saturated carbocycles. The summed E-state index contributed by atoms with van der Waals surface area (Å²) in [6.45, 7) is 3.38. The first-order valence-corrected chi connectivity index (χ1v) is 7.16. The topological polar surface area (TPSA) is 77.8 Å². The molecule has 5 heteroatoms. The molecule has 0 radical (unpaired) electrons. The molecule has 0 heterocycles. The summed E-state index contributed by atoms with van der Waals surface area (Å²) >= 11 is 0. The van der Waals surface area contributed by atoms with Gasteiger partial charge in [-0.25, -0.2) is 0 Å². The van der Waals surface area contributed by atoms with E-state index in [1.807, 2.05) is 37.3 Å². The molecule has 0 saturated heterocycles. The maximum Gasteiger partial charge on any atom is 0.308 e. The number of nitrogens with zero attached hydrogens (tertiary/aromatic N) is 1. The summed E-state index contributed by atoms with van der Waals surface area (Å²) in [6, 6.07) is 8.96. The fourth-order valence-corrected chi connectivity index (χ4v) is 2.15. The predicted octanol–water partition coefficient (Wildman–Crippen LogP) is 1.55. The van der Waals surface area contributed by atoms with E-state index in [9.17, 15) is 14.7 Å². The predicted molar refractivity (Wildman–Crippen MR) is 79.8 cm³/mol. The molecule has 0 aliphatic rings. The molecule has 2 atom stereocenters. The van der Waals surface area contributed by atoms with Gasteiger partial charge in [0.25, 0.3) is 0 Å². The second-order valence-electron chi connectivity index (χ2n) is 5.19. The maximum atomic E-state index is 12.5. The van der Waals surface area contributed by atoms with Gasteiger partial charge in [-0.3, -0.25) is 9.59 Å². The quantitative estimate of drug-likeness (QED) is 0.762. The summed E-state index contributed by atoms with van der Waals surface area (Å²) < 4.78 is 0. The van der Waals surface area contributed by atoms with Gasteiger partial charge in [0.15, 0.2) is 0 Å². The summed E-state index contributed by atoms with van der Waals surface area (Å²) in [5, 5.41) is 18.5. The lowest BCUT2D eigenvalue weighted by Crippen LogP contribution is -2.46. The first-order valence-electron chi connectivity index (χ1n) is 7.16. The highest BCUT2D eigenvalue weighted by Gasteiger charge is 2.26. The van der Waals surface area contributed by atoms with Crippen LogP contribution in [0.1, 0.15) is 25.8 Å². The van der Waals surface area contributed by atoms with E-state index in [1.165, 1.54) is 4.90 Å². The minimum Gasteiger partial charge on any atom is -0.481 e. The van der Waals surface area contributed by atoms with Crippen LogP contribution in [0, 0.1) is 5.92 Å². The number of aliphatic hydroxyl groups excluding tert-OH is 1. The van der Waals surface area contributed by atoms with E-state index >= 15 is 0 Å². The van der Waals surface area contributed by atoms with Gasteiger partial charge in [0.1, 0.15) is 0 Å². The van der Waals surface area contributed by atoms with Crippen LogP contribution in [0.2, 0.25) is 0 Å². The van der Waals surface area contributed by atoms with Crippen molar-refractivity contribution in [2.75, 3.05) is 13.2 Å². The Morgan fingerprint density at radius 1 is 1.24 bits per heavy atom. The molecule has 0 bridgehead atoms. The Bertz CT molecular complexity index is 457. The highest BCUT2D eigenvalue weighted by Crippen LogP contribution is 2.12. The van der Waals surface area contributed by atoms with Gasteiger partial charge in [0.05, 0.1) is 25.0 Å². The Morgan fingerprint density at radius 2 is 1.86 bits per heavy atom. The first kappa shape index (κ1) is 17.2. The van der Waals surface area contributed by atoms with Crippen molar-refractivity contribution in [3.8, 4) is 0 Å². The van der Waals surface area contributed by atoms with Gasteiger partial charge >= 0.3 is 5.97 Å². The smallest absolute Gasteiger partial charge is 0.308 e. The van der Waals surface area contributed by atoms with Crippen LogP contribution in [0.5, 0.6) is 0 Å². The molecule has 5 nitrogen and oxygen atoms in total. The first-order chi connectivity index (χ1) is 9.99. The van der Waals surface area contributed by atoms with E-state index in [4.69, 9.17) is 5.11 Å². The number of amides is 1. The Hall–Kier alpha value is -1.88. The third-order valence-electron chi connectivity index (χ3n) is 3.53. The molecule has 21 heavy (non-hydrogen) atoms. The number of carbonyl (C=O) groups excluding carboxylic acids is 1. The molecule has 1 aromatic rings. The van der Waals surface area contributed by atoms with Gasteiger partial charge in [0.2, 0.25) is 5.91 Å². The Morgan fingerprint density at radius 3 is 2.33 bits per heavy atom. The molecule has 0 aliphatic heterocycles. The average molecular weight is 293 g/mol. The normalized spacial score (nSPS) is 13.5. The molecular formula is C16H23NO4. The third kappa shape index (κ3) is 5.19. The van der Waals surface area contributed by atoms with Crippen molar-refractivity contribution in [3.05, 3.63) is 35.9 Å². The lowest BCUT2D eigenvalue weighted by atomic mass is 10.1. The Balaban J connectivity index is 2.84. The van der Waals surface area contributed by atoms with Crippen molar-refractivity contribution in [1.29, 1.82) is 0 Å². The maximum absolute atomic E-state index is 12.5. The SMILES string of the molecule is CCC(CO)N(CC(C)C(=O)O)C(=O)Cc1ccccc1. The van der Waals surface area contributed by atoms with Gasteiger partial charge < -0.3 is 15.1 Å². The van der Waals surface area contributed by atoms with Crippen molar-refractivity contribution in [2.24, 2.45) is 5.92 Å². The molecule has 1 aromatic carbocycles. The largest absolute Gasteiger partial charge is 0.481 e. The minimum absolute atomic E-state index is 0.111. The molecule has 1 amide bonds. The van der Waals surface area contributed by atoms with E-state index in [1.54, 1.807) is 6.92 Å². The van der Waals surface area contributed by atoms with Crippen molar-refractivity contribution >= 4 is 11.9 Å². The molecule has 0 aliphatic carbocycles. The van der Waals surface area contributed by atoms with Crippen molar-refractivity contribution in [1.82, 2.24) is 4.90 Å². The van der Waals surface area contributed by atoms with Crippen LogP contribution in [0.4, 0.5) is 0 Å². The summed E-state index contributed by atoms with van der Waals surface area (Å²) in [6.07, 6.45) is 0.799. The molecule has 0 aromatic heterocycles. The zero-order valence-electron chi connectivity index (χ0n) is 12.5. The second-order valence-corrected chi connectivity index (χ2v) is 5.19. The number of aliphatic hydroxyl groups is 1. The van der Waals surface area contributed by atoms with E-state index in [2.05, 4.69) is 0 Å². The number of benzene rings is 1. The summed E-state index contributed by atoms with van der Waals surface area (Å²) in [5.74, 6) is -1.76. The number of hydrogen-bond acceptors (Lipinski definition) is 3. The number of rotatable bonds is 8. The summed E-state index contributed by atoms with van der Waals surface area (Å²) in [7, 11) is 0. The van der Waals surface area contributed by atoms with E-state index < -0.39 is 11.9 Å². The van der Waals surface area contributed by atoms with E-state index in [0.717, 1.165) is 5.56 Å². The molecule has 0 spiro atoms. The fraction of sp³-hybridized carbons (Fsp3) is 0.500. The van der Waals surface area contributed by atoms with Crippen LogP contribution >= 0.6 is 0 Å². The number of carboxylic acids is 1. The highest BCUT2D eigenvalue weighted by molar-refractivity contribution is 5.80. The van der Waals surface area contributed by atoms with Crippen molar-refractivity contribution in [2.45, 2.75) is 32.7 Å². The van der Waals surface area contributed by atoms with Gasteiger partial charge in [-0.1, -0.05) is 44.2 Å². The van der Waals surface area contributed by atoms with E-state index in [-0.39, 0.29) is 31.5 Å². The zero-order valence-corrected chi connectivity index (χ0v) is 12.5. The minimum atomic E-state index is -0.944. The van der Waals surface area contributed by atoms with Gasteiger partial charge in [-0.15, -0.1) is 0 Å². The fourth-order valence-electron chi connectivity index (χ4n) is 2.15. The standard InChI is InChI=1S/C16H23NO4/c1-3-14(11-18)17(10-12(2)16(20)21)15(19)9-13-7-5-4-6-8-13/h4-8,12,14,18H,3,9-11H2,1-2H3,(H,20,21). The summed E-state index contributed by atoms with van der Waals surface area (Å²) in [4.78, 5) is 25.0. The second kappa shape index (κ2) is 8.42. The third-order valence-corrected chi connectivity index (χ3v) is 3.53. The molecule has 2 N–H and O–H groups in total. The van der Waals surface area contributed by atoms with Crippen LogP contribution in [0.25, 0.3) is 0 Å². The van der Waals surface area contributed by atoms with Gasteiger partial charge in [-0.05, 0) is 12.0 Å². The molecule has 116 valence electrons. The lowest BCUT2D eigenvalue weighted by Gasteiger charge is -2.31. The Kier molecular flexibility index (Phi) is 6.88. The van der Waals surface area contributed by atoms with Gasteiger partial charge in [0, 0.05) is 6.54 Å². The molecule has 0 fully saturated rings. The number of carbonyl (C=O) groups is 2. The Labute approximate surface area is 125 Å². The van der Waals surface area contributed by atoms with Crippen LogP contribution in [-0.2, 0) is 16.0 Å². The van der Waals surface area contributed by atoms with E-state index in [0.29, 0.717) is 6.42 Å². The number of hydrogen-bond donors (Lipinski definition) is 2. The monoisotopic (exact) mass is 293 g/mol. The summed E-state index contributed by atoms with van der Waals surface area (Å²) in [5.41, 5.74) is 0.878. The average Bonchev–Trinajstić information content (AvgIpc) is 2.48. The van der Waals surface area contributed by atoms with Crippen molar-refractivity contribution in [3.63, 3.8) is 0 Å². The molecular weight excluding hydrogens is 270 g/mol. The highest BCUT2D eigenvalue weighted by atomic mass is 16.4. The molecule has 2 unspecified atom stereocenters.